The molecule has 0 spiro atoms. The average molecular weight is 439 g/mol. The minimum atomic E-state index is -0.134. The predicted octanol–water partition coefficient (Wildman–Crippen LogP) is 2.45. The van der Waals surface area contributed by atoms with Gasteiger partial charge < -0.3 is 29.5 Å². The summed E-state index contributed by atoms with van der Waals surface area (Å²) in [5, 5.41) is 2.82. The molecular weight excluding hydrogens is 408 g/mol. The van der Waals surface area contributed by atoms with Gasteiger partial charge in [-0.2, -0.15) is 0 Å². The fourth-order valence-corrected chi connectivity index (χ4v) is 4.20. The third kappa shape index (κ3) is 4.96. The van der Waals surface area contributed by atoms with Gasteiger partial charge >= 0.3 is 0 Å². The van der Waals surface area contributed by atoms with Crippen molar-refractivity contribution in [3.63, 3.8) is 0 Å². The van der Waals surface area contributed by atoms with Crippen molar-refractivity contribution in [3.05, 3.63) is 48.0 Å². The van der Waals surface area contributed by atoms with Crippen molar-refractivity contribution in [1.82, 2.24) is 4.90 Å². The molecule has 0 aromatic heterocycles. The number of piperazine rings is 1. The summed E-state index contributed by atoms with van der Waals surface area (Å²) in [6, 6.07) is 13.5. The Bertz CT molecular complexity index is 966. The number of nitrogens with one attached hydrogen (secondary N) is 1. The molecule has 2 saturated heterocycles. The summed E-state index contributed by atoms with van der Waals surface area (Å²) in [6.45, 7) is 6.97. The summed E-state index contributed by atoms with van der Waals surface area (Å²) >= 11 is 0. The SMILES string of the molecule is COc1cccc(N2CCN(C(=O)c3ccc(NC(C)=O)cc3N3CCOCC3)CC2)c1. The molecule has 8 heteroatoms. The van der Waals surface area contributed by atoms with Crippen LogP contribution in [0.1, 0.15) is 17.3 Å². The zero-order valence-electron chi connectivity index (χ0n) is 18.7. The van der Waals surface area contributed by atoms with E-state index in [1.54, 1.807) is 13.2 Å². The number of anilines is 3. The summed E-state index contributed by atoms with van der Waals surface area (Å²) in [5.74, 6) is 0.715. The van der Waals surface area contributed by atoms with Crippen LogP contribution < -0.4 is 19.9 Å². The standard InChI is InChI=1S/C24H30N4O4/c1-18(29)25-19-6-7-22(23(16-19)27-12-14-32-15-13-27)24(30)28-10-8-26(9-11-28)20-4-3-5-21(17-20)31-2/h3-7,16-17H,8-15H2,1-2H3,(H,25,29). The second kappa shape index (κ2) is 9.91. The molecule has 2 heterocycles. The monoisotopic (exact) mass is 438 g/mol. The maximum atomic E-state index is 13.5. The van der Waals surface area contributed by atoms with Gasteiger partial charge in [-0.25, -0.2) is 0 Å². The molecule has 0 radical (unpaired) electrons. The second-order valence-corrected chi connectivity index (χ2v) is 7.99. The van der Waals surface area contributed by atoms with Gasteiger partial charge in [0.15, 0.2) is 0 Å². The van der Waals surface area contributed by atoms with E-state index in [0.29, 0.717) is 50.6 Å². The van der Waals surface area contributed by atoms with Gasteiger partial charge in [0.25, 0.3) is 5.91 Å². The number of methoxy groups -OCH3 is 1. The molecule has 170 valence electrons. The molecule has 2 aliphatic heterocycles. The van der Waals surface area contributed by atoms with Crippen molar-refractivity contribution in [2.45, 2.75) is 6.92 Å². The lowest BCUT2D eigenvalue weighted by molar-refractivity contribution is -0.114. The van der Waals surface area contributed by atoms with E-state index < -0.39 is 0 Å². The maximum Gasteiger partial charge on any atom is 0.256 e. The summed E-state index contributed by atoms with van der Waals surface area (Å²) in [6.07, 6.45) is 0. The first kappa shape index (κ1) is 22.0. The van der Waals surface area contributed by atoms with Crippen molar-refractivity contribution in [3.8, 4) is 5.75 Å². The molecule has 2 aromatic carbocycles. The Morgan fingerprint density at radius 3 is 2.38 bits per heavy atom. The molecule has 2 fully saturated rings. The molecule has 0 bridgehead atoms. The van der Waals surface area contributed by atoms with E-state index in [9.17, 15) is 9.59 Å². The Balaban J connectivity index is 1.50. The Morgan fingerprint density at radius 1 is 0.938 bits per heavy atom. The molecule has 2 aromatic rings. The van der Waals surface area contributed by atoms with E-state index in [-0.39, 0.29) is 11.8 Å². The van der Waals surface area contributed by atoms with Gasteiger partial charge in [-0.15, -0.1) is 0 Å². The van der Waals surface area contributed by atoms with Crippen LogP contribution in [-0.2, 0) is 9.53 Å². The molecular formula is C24H30N4O4. The third-order valence-corrected chi connectivity index (χ3v) is 5.89. The van der Waals surface area contributed by atoms with Crippen molar-refractivity contribution < 1.29 is 19.1 Å². The second-order valence-electron chi connectivity index (χ2n) is 7.99. The molecule has 0 unspecified atom stereocenters. The summed E-state index contributed by atoms with van der Waals surface area (Å²) < 4.78 is 10.8. The van der Waals surface area contributed by atoms with Crippen LogP contribution in [0.5, 0.6) is 5.75 Å². The van der Waals surface area contributed by atoms with Gasteiger partial charge in [-0.05, 0) is 30.3 Å². The van der Waals surface area contributed by atoms with Gasteiger partial charge in [0.05, 0.1) is 31.6 Å². The van der Waals surface area contributed by atoms with Gasteiger partial charge in [0.2, 0.25) is 5.91 Å². The molecule has 0 saturated carbocycles. The fraction of sp³-hybridized carbons (Fsp3) is 0.417. The lowest BCUT2D eigenvalue weighted by atomic mass is 10.1. The normalized spacial score (nSPS) is 16.6. The van der Waals surface area contributed by atoms with Crippen LogP contribution in [-0.4, -0.2) is 76.3 Å². The number of benzene rings is 2. The van der Waals surface area contributed by atoms with Crippen molar-refractivity contribution in [1.29, 1.82) is 0 Å². The zero-order chi connectivity index (χ0) is 22.5. The van der Waals surface area contributed by atoms with Gasteiger partial charge in [-0.1, -0.05) is 6.07 Å². The Labute approximate surface area is 188 Å². The average Bonchev–Trinajstić information content (AvgIpc) is 2.84. The van der Waals surface area contributed by atoms with Crippen molar-refractivity contribution in [2.24, 2.45) is 0 Å². The van der Waals surface area contributed by atoms with Gasteiger partial charge in [0.1, 0.15) is 5.75 Å². The largest absolute Gasteiger partial charge is 0.497 e. The van der Waals surface area contributed by atoms with E-state index in [1.807, 2.05) is 35.2 Å². The number of hydrogen-bond donors (Lipinski definition) is 1. The Kier molecular flexibility index (Phi) is 6.80. The number of rotatable bonds is 5. The lowest BCUT2D eigenvalue weighted by Gasteiger charge is -2.37. The highest BCUT2D eigenvalue weighted by Gasteiger charge is 2.26. The van der Waals surface area contributed by atoms with Crippen LogP contribution in [0.2, 0.25) is 0 Å². The molecule has 32 heavy (non-hydrogen) atoms. The van der Waals surface area contributed by atoms with E-state index in [1.165, 1.54) is 6.92 Å². The van der Waals surface area contributed by atoms with E-state index in [2.05, 4.69) is 21.2 Å². The smallest absolute Gasteiger partial charge is 0.256 e. The molecule has 0 atom stereocenters. The van der Waals surface area contributed by atoms with E-state index in [4.69, 9.17) is 9.47 Å². The van der Waals surface area contributed by atoms with Crippen LogP contribution in [0.3, 0.4) is 0 Å². The highest BCUT2D eigenvalue weighted by molar-refractivity contribution is 6.01. The summed E-state index contributed by atoms with van der Waals surface area (Å²) in [7, 11) is 1.67. The molecule has 2 amide bonds. The number of ether oxygens (including phenoxy) is 2. The molecule has 1 N–H and O–H groups in total. The fourth-order valence-electron chi connectivity index (χ4n) is 4.20. The zero-order valence-corrected chi connectivity index (χ0v) is 18.7. The Morgan fingerprint density at radius 2 is 1.69 bits per heavy atom. The van der Waals surface area contributed by atoms with Crippen LogP contribution in [0.15, 0.2) is 42.5 Å². The molecule has 2 aliphatic rings. The van der Waals surface area contributed by atoms with E-state index >= 15 is 0 Å². The first-order chi connectivity index (χ1) is 15.5. The molecule has 0 aliphatic carbocycles. The highest BCUT2D eigenvalue weighted by Crippen LogP contribution is 2.28. The number of nitrogens with zero attached hydrogens (tertiary/aromatic N) is 3. The molecule has 8 nitrogen and oxygen atoms in total. The van der Waals surface area contributed by atoms with Crippen LogP contribution >= 0.6 is 0 Å². The summed E-state index contributed by atoms with van der Waals surface area (Å²) in [4.78, 5) is 31.3. The van der Waals surface area contributed by atoms with Crippen LogP contribution in [0, 0.1) is 0 Å². The van der Waals surface area contributed by atoms with Crippen LogP contribution in [0.25, 0.3) is 0 Å². The number of carbonyl (C=O) groups is 2. The quantitative estimate of drug-likeness (QED) is 0.773. The third-order valence-electron chi connectivity index (χ3n) is 5.89. The number of carbonyl (C=O) groups excluding carboxylic acids is 2. The predicted molar refractivity (Wildman–Crippen MR) is 125 cm³/mol. The van der Waals surface area contributed by atoms with Crippen molar-refractivity contribution in [2.75, 3.05) is 74.7 Å². The minimum absolute atomic E-state index is 0.0196. The van der Waals surface area contributed by atoms with Crippen LogP contribution in [0.4, 0.5) is 17.1 Å². The number of hydrogen-bond acceptors (Lipinski definition) is 6. The lowest BCUT2D eigenvalue weighted by Crippen LogP contribution is -2.49. The topological polar surface area (TPSA) is 74.4 Å². The first-order valence-electron chi connectivity index (χ1n) is 11.0. The first-order valence-corrected chi connectivity index (χ1v) is 11.0. The minimum Gasteiger partial charge on any atom is -0.497 e. The van der Waals surface area contributed by atoms with Gasteiger partial charge in [0, 0.05) is 63.6 Å². The maximum absolute atomic E-state index is 13.5. The van der Waals surface area contributed by atoms with E-state index in [0.717, 1.165) is 30.2 Å². The number of amides is 2. The Hall–Kier alpha value is -3.26. The van der Waals surface area contributed by atoms with Crippen molar-refractivity contribution >= 4 is 28.9 Å². The summed E-state index contributed by atoms with van der Waals surface area (Å²) in [5.41, 5.74) is 3.30. The van der Waals surface area contributed by atoms with Gasteiger partial charge in [-0.3, -0.25) is 9.59 Å². The highest BCUT2D eigenvalue weighted by atomic mass is 16.5. The number of morpholine rings is 1. The molecule has 4 rings (SSSR count).